The van der Waals surface area contributed by atoms with Crippen LogP contribution in [0.25, 0.3) is 10.4 Å². The lowest BCUT2D eigenvalue weighted by atomic mass is 10.1. The highest BCUT2D eigenvalue weighted by Gasteiger charge is 2.02. The smallest absolute Gasteiger partial charge is 0.0452 e. The predicted octanol–water partition coefficient (Wildman–Crippen LogP) is 6.03. The zero-order valence-electron chi connectivity index (χ0n) is 10.7. The van der Waals surface area contributed by atoms with Crippen molar-refractivity contribution >= 4 is 34.3 Å². The van der Waals surface area contributed by atoms with Crippen molar-refractivity contribution in [3.05, 3.63) is 68.7 Å². The molecule has 1 aromatic carbocycles. The predicted molar refractivity (Wildman–Crippen MR) is 86.2 cm³/mol. The van der Waals surface area contributed by atoms with Crippen LogP contribution in [0.4, 0.5) is 0 Å². The van der Waals surface area contributed by atoms with E-state index in [0.717, 1.165) is 5.02 Å². The largest absolute Gasteiger partial charge is 0.140 e. The van der Waals surface area contributed by atoms with E-state index in [-0.39, 0.29) is 0 Å². The fraction of sp³-hybridized carbons (Fsp3) is 0.125. The Morgan fingerprint density at radius 2 is 1.68 bits per heavy atom. The van der Waals surface area contributed by atoms with Gasteiger partial charge < -0.3 is 0 Å². The zero-order valence-corrected chi connectivity index (χ0v) is 13.1. The van der Waals surface area contributed by atoms with Gasteiger partial charge in [0.25, 0.3) is 0 Å². The van der Waals surface area contributed by atoms with Gasteiger partial charge in [0.15, 0.2) is 0 Å². The van der Waals surface area contributed by atoms with E-state index in [2.05, 4.69) is 24.6 Å². The minimum Gasteiger partial charge on any atom is -0.140 e. The number of rotatable bonds is 1. The van der Waals surface area contributed by atoms with Crippen molar-refractivity contribution in [3.63, 3.8) is 0 Å². The summed E-state index contributed by atoms with van der Waals surface area (Å²) in [5.74, 6) is 0. The number of aryl methyl sites for hydroxylation is 2. The summed E-state index contributed by atoms with van der Waals surface area (Å²) in [6, 6.07) is 13.9. The SMILES string of the molecule is Cc1c[c]sc1-c1ccc(Cl)cc1.Cc1cc[c]s1. The minimum atomic E-state index is 0.780. The highest BCUT2D eigenvalue weighted by molar-refractivity contribution is 7.13. The summed E-state index contributed by atoms with van der Waals surface area (Å²) < 4.78 is 0. The van der Waals surface area contributed by atoms with Gasteiger partial charge in [-0.1, -0.05) is 23.7 Å². The van der Waals surface area contributed by atoms with Gasteiger partial charge in [-0.15, -0.1) is 22.7 Å². The lowest BCUT2D eigenvalue weighted by Crippen LogP contribution is -1.74. The average Bonchev–Trinajstić information content (AvgIpc) is 3.03. The monoisotopic (exact) mass is 304 g/mol. The van der Waals surface area contributed by atoms with Crippen molar-refractivity contribution in [1.82, 2.24) is 0 Å². The van der Waals surface area contributed by atoms with E-state index in [1.54, 1.807) is 22.7 Å². The van der Waals surface area contributed by atoms with Gasteiger partial charge in [-0.25, -0.2) is 0 Å². The molecule has 0 aliphatic heterocycles. The average molecular weight is 305 g/mol. The van der Waals surface area contributed by atoms with Crippen LogP contribution in [-0.4, -0.2) is 0 Å². The second kappa shape index (κ2) is 6.90. The van der Waals surface area contributed by atoms with Crippen LogP contribution in [0.2, 0.25) is 5.02 Å². The van der Waals surface area contributed by atoms with Crippen molar-refractivity contribution in [2.75, 3.05) is 0 Å². The van der Waals surface area contributed by atoms with Crippen LogP contribution < -0.4 is 0 Å². The van der Waals surface area contributed by atoms with Crippen LogP contribution in [0.5, 0.6) is 0 Å². The van der Waals surface area contributed by atoms with E-state index in [0.29, 0.717) is 0 Å². The fourth-order valence-corrected chi connectivity index (χ4v) is 2.93. The highest BCUT2D eigenvalue weighted by atomic mass is 35.5. The Hall–Kier alpha value is -1.09. The van der Waals surface area contributed by atoms with E-state index in [1.165, 1.54) is 20.9 Å². The van der Waals surface area contributed by atoms with E-state index in [4.69, 9.17) is 11.6 Å². The maximum absolute atomic E-state index is 5.81. The van der Waals surface area contributed by atoms with Gasteiger partial charge in [-0.2, -0.15) is 0 Å². The number of benzene rings is 1. The van der Waals surface area contributed by atoms with Crippen LogP contribution >= 0.6 is 34.3 Å². The molecule has 0 nitrogen and oxygen atoms in total. The van der Waals surface area contributed by atoms with Crippen LogP contribution in [0.15, 0.2) is 42.5 Å². The van der Waals surface area contributed by atoms with Crippen LogP contribution in [-0.2, 0) is 0 Å². The van der Waals surface area contributed by atoms with Crippen LogP contribution in [0.1, 0.15) is 10.4 Å². The zero-order chi connectivity index (χ0) is 13.7. The van der Waals surface area contributed by atoms with Crippen molar-refractivity contribution in [1.29, 1.82) is 0 Å². The summed E-state index contributed by atoms with van der Waals surface area (Å²) in [6.45, 7) is 4.16. The van der Waals surface area contributed by atoms with Crippen LogP contribution in [0, 0.1) is 24.6 Å². The maximum Gasteiger partial charge on any atom is 0.0452 e. The molecule has 0 bridgehead atoms. The molecule has 0 spiro atoms. The molecule has 3 heteroatoms. The first kappa shape index (κ1) is 14.3. The van der Waals surface area contributed by atoms with Gasteiger partial charge >= 0.3 is 0 Å². The second-order valence-electron chi connectivity index (χ2n) is 4.05. The fourth-order valence-electron chi connectivity index (χ4n) is 1.52. The molecule has 96 valence electrons. The third-order valence-corrected chi connectivity index (χ3v) is 4.47. The molecule has 2 heterocycles. The van der Waals surface area contributed by atoms with E-state index in [9.17, 15) is 0 Å². The summed E-state index contributed by atoms with van der Waals surface area (Å²) in [5, 5.41) is 6.87. The van der Waals surface area contributed by atoms with Crippen molar-refractivity contribution in [2.45, 2.75) is 13.8 Å². The summed E-state index contributed by atoms with van der Waals surface area (Å²) in [6.07, 6.45) is 0. The Morgan fingerprint density at radius 3 is 2.11 bits per heavy atom. The number of thiophene rings is 2. The molecule has 0 saturated carbocycles. The molecule has 0 saturated heterocycles. The van der Waals surface area contributed by atoms with E-state index in [1.807, 2.05) is 42.5 Å². The molecule has 0 atom stereocenters. The third-order valence-electron chi connectivity index (χ3n) is 2.51. The normalized spacial score (nSPS) is 9.84. The molecule has 2 radical (unpaired) electrons. The number of hydrogen-bond acceptors (Lipinski definition) is 2. The van der Waals surface area contributed by atoms with Gasteiger partial charge in [-0.05, 0) is 55.3 Å². The first-order valence-electron chi connectivity index (χ1n) is 5.81. The molecular weight excluding hydrogens is 292 g/mol. The molecule has 0 aliphatic carbocycles. The first-order valence-corrected chi connectivity index (χ1v) is 7.83. The Kier molecular flexibility index (Phi) is 5.20. The standard InChI is InChI=1S/C11H8ClS.C5H5S/c1-8-6-7-13-11(8)9-2-4-10(12)5-3-9;1-5-3-2-4-6-5/h2-6H,1H3;2-3H,1H3. The quantitative estimate of drug-likeness (QED) is 0.514. The van der Waals surface area contributed by atoms with Crippen molar-refractivity contribution < 1.29 is 0 Å². The Labute approximate surface area is 127 Å². The van der Waals surface area contributed by atoms with Crippen LogP contribution in [0.3, 0.4) is 0 Å². The first-order chi connectivity index (χ1) is 9.16. The summed E-state index contributed by atoms with van der Waals surface area (Å²) in [7, 11) is 0. The Bertz CT molecular complexity index is 607. The molecule has 0 amide bonds. The molecule has 19 heavy (non-hydrogen) atoms. The van der Waals surface area contributed by atoms with E-state index >= 15 is 0 Å². The molecule has 0 aliphatic rings. The van der Waals surface area contributed by atoms with Gasteiger partial charge in [0.05, 0.1) is 0 Å². The molecule has 3 rings (SSSR count). The molecule has 2 aromatic heterocycles. The summed E-state index contributed by atoms with van der Waals surface area (Å²) >= 11 is 9.10. The number of hydrogen-bond donors (Lipinski definition) is 0. The van der Waals surface area contributed by atoms with Gasteiger partial charge in [0.2, 0.25) is 0 Å². The topological polar surface area (TPSA) is 0 Å². The molecular formula is C16H13ClS2. The second-order valence-corrected chi connectivity index (χ2v) is 6.42. The minimum absolute atomic E-state index is 0.780. The summed E-state index contributed by atoms with van der Waals surface area (Å²) in [4.78, 5) is 2.60. The van der Waals surface area contributed by atoms with Crippen molar-refractivity contribution in [3.8, 4) is 10.4 Å². The van der Waals surface area contributed by atoms with Gasteiger partial charge in [-0.3, -0.25) is 0 Å². The highest BCUT2D eigenvalue weighted by Crippen LogP contribution is 2.29. The lowest BCUT2D eigenvalue weighted by molar-refractivity contribution is 1.53. The van der Waals surface area contributed by atoms with E-state index < -0.39 is 0 Å². The molecule has 0 unspecified atom stereocenters. The molecule has 3 aromatic rings. The van der Waals surface area contributed by atoms with Crippen molar-refractivity contribution in [2.24, 2.45) is 0 Å². The van der Waals surface area contributed by atoms with Gasteiger partial charge in [0, 0.05) is 25.5 Å². The van der Waals surface area contributed by atoms with Gasteiger partial charge in [0.1, 0.15) is 0 Å². The Morgan fingerprint density at radius 1 is 0.947 bits per heavy atom. The Balaban J connectivity index is 0.000000186. The third kappa shape index (κ3) is 4.20. The maximum atomic E-state index is 5.81. The lowest BCUT2D eigenvalue weighted by Gasteiger charge is -1.98. The molecule has 0 fully saturated rings. The molecule has 0 N–H and O–H groups in total. The number of halogens is 1. The summed E-state index contributed by atoms with van der Waals surface area (Å²) in [5.41, 5.74) is 2.49.